The monoisotopic (exact) mass is 376 g/mol. The number of nitrogens with zero attached hydrogens (tertiary/aromatic N) is 1. The largest absolute Gasteiger partial charge is 0.338 e. The zero-order valence-electron chi connectivity index (χ0n) is 12.0. The number of amides is 1. The Bertz CT molecular complexity index is 725. The van der Waals surface area contributed by atoms with Gasteiger partial charge in [-0.1, -0.05) is 34.8 Å². The zero-order valence-corrected chi connectivity index (χ0v) is 15.0. The molecule has 1 aliphatic heterocycles. The molecule has 1 N–H and O–H groups in total. The molecule has 3 rings (SSSR count). The Labute approximate surface area is 148 Å². The molecule has 1 saturated heterocycles. The highest BCUT2D eigenvalue weighted by molar-refractivity contribution is 7.21. The summed E-state index contributed by atoms with van der Waals surface area (Å²) in [5.41, 5.74) is 0. The van der Waals surface area contributed by atoms with E-state index in [0.29, 0.717) is 25.3 Å². The van der Waals surface area contributed by atoms with Crippen LogP contribution in [0.15, 0.2) is 12.1 Å². The summed E-state index contributed by atoms with van der Waals surface area (Å²) >= 11 is 20.0. The molecule has 0 spiro atoms. The van der Waals surface area contributed by atoms with E-state index >= 15 is 0 Å². The lowest BCUT2D eigenvalue weighted by Gasteiger charge is -2.31. The number of thiophene rings is 1. The Morgan fingerprint density at radius 1 is 1.27 bits per heavy atom. The number of fused-ring (bicyclic) bond motifs is 1. The molecule has 1 aliphatic rings. The molecule has 22 heavy (non-hydrogen) atoms. The first-order chi connectivity index (χ1) is 10.5. The van der Waals surface area contributed by atoms with Crippen molar-refractivity contribution in [3.63, 3.8) is 0 Å². The fraction of sp³-hybridized carbons (Fsp3) is 0.400. The van der Waals surface area contributed by atoms with Crippen molar-refractivity contribution in [1.29, 1.82) is 0 Å². The van der Waals surface area contributed by atoms with Gasteiger partial charge in [0, 0.05) is 28.2 Å². The molecule has 0 unspecified atom stereocenters. The maximum absolute atomic E-state index is 12.8. The minimum Gasteiger partial charge on any atom is -0.338 e. The molecule has 0 aliphatic carbocycles. The van der Waals surface area contributed by atoms with Crippen molar-refractivity contribution in [3.8, 4) is 0 Å². The summed E-state index contributed by atoms with van der Waals surface area (Å²) in [6.45, 7) is 1.87. The van der Waals surface area contributed by atoms with Crippen LogP contribution in [0, 0.1) is 0 Å². The van der Waals surface area contributed by atoms with Crippen LogP contribution < -0.4 is 5.32 Å². The van der Waals surface area contributed by atoms with Crippen molar-refractivity contribution in [2.24, 2.45) is 0 Å². The van der Waals surface area contributed by atoms with Crippen LogP contribution in [0.5, 0.6) is 0 Å². The lowest BCUT2D eigenvalue weighted by atomic mass is 10.1. The van der Waals surface area contributed by atoms with E-state index in [0.717, 1.165) is 30.6 Å². The summed E-state index contributed by atoms with van der Waals surface area (Å²) in [7, 11) is 1.84. The molecule has 118 valence electrons. The third-order valence-corrected chi connectivity index (χ3v) is 6.15. The van der Waals surface area contributed by atoms with Crippen LogP contribution in [-0.4, -0.2) is 37.0 Å². The Balaban J connectivity index is 1.97. The normalized spacial score (nSPS) is 16.2. The molecule has 1 aromatic heterocycles. The molecule has 1 aromatic carbocycles. The van der Waals surface area contributed by atoms with Gasteiger partial charge >= 0.3 is 0 Å². The number of nitrogens with one attached hydrogen (secondary N) is 1. The SMILES string of the molecule is CN(C(=O)c1sc2cc(Cl)cc(Cl)c2c1Cl)C1CCNCC1. The average molecular weight is 378 g/mol. The number of hydrogen-bond donors (Lipinski definition) is 1. The summed E-state index contributed by atoms with van der Waals surface area (Å²) in [5.74, 6) is -0.0507. The Hall–Kier alpha value is -0.520. The average Bonchev–Trinajstić information content (AvgIpc) is 2.83. The smallest absolute Gasteiger partial charge is 0.265 e. The molecule has 1 amide bonds. The van der Waals surface area contributed by atoms with Gasteiger partial charge in [-0.05, 0) is 38.1 Å². The quantitative estimate of drug-likeness (QED) is 0.823. The minimum absolute atomic E-state index is 0.0507. The predicted octanol–water partition coefficient (Wildman–Crippen LogP) is 4.69. The van der Waals surface area contributed by atoms with Crippen molar-refractivity contribution in [3.05, 3.63) is 32.1 Å². The van der Waals surface area contributed by atoms with Crippen LogP contribution in [0.1, 0.15) is 22.5 Å². The van der Waals surface area contributed by atoms with Gasteiger partial charge in [-0.2, -0.15) is 0 Å². The maximum Gasteiger partial charge on any atom is 0.265 e. The summed E-state index contributed by atoms with van der Waals surface area (Å²) < 4.78 is 0.838. The highest BCUT2D eigenvalue weighted by atomic mass is 35.5. The molecule has 2 heterocycles. The Morgan fingerprint density at radius 3 is 2.64 bits per heavy atom. The van der Waals surface area contributed by atoms with Crippen molar-refractivity contribution in [2.75, 3.05) is 20.1 Å². The van der Waals surface area contributed by atoms with Crippen LogP contribution in [-0.2, 0) is 0 Å². The second-order valence-corrected chi connectivity index (χ2v) is 7.68. The van der Waals surface area contributed by atoms with E-state index < -0.39 is 0 Å². The number of benzene rings is 1. The summed E-state index contributed by atoms with van der Waals surface area (Å²) in [5, 5.41) is 5.45. The molecular weight excluding hydrogens is 363 g/mol. The van der Waals surface area contributed by atoms with Gasteiger partial charge in [0.2, 0.25) is 0 Å². The number of carbonyl (C=O) groups is 1. The fourth-order valence-corrected chi connectivity index (χ4v) is 5.13. The minimum atomic E-state index is -0.0507. The van der Waals surface area contributed by atoms with E-state index in [9.17, 15) is 4.79 Å². The third-order valence-electron chi connectivity index (χ3n) is 4.02. The lowest BCUT2D eigenvalue weighted by Crippen LogP contribution is -2.43. The van der Waals surface area contributed by atoms with E-state index in [-0.39, 0.29) is 11.9 Å². The summed E-state index contributed by atoms with van der Waals surface area (Å²) in [4.78, 5) is 15.1. The Morgan fingerprint density at radius 2 is 1.95 bits per heavy atom. The van der Waals surface area contributed by atoms with Crippen LogP contribution in [0.3, 0.4) is 0 Å². The summed E-state index contributed by atoms with van der Waals surface area (Å²) in [6.07, 6.45) is 1.91. The molecule has 0 radical (unpaired) electrons. The molecular formula is C15H15Cl3N2OS. The van der Waals surface area contributed by atoms with Crippen molar-refractivity contribution in [1.82, 2.24) is 10.2 Å². The first-order valence-electron chi connectivity index (χ1n) is 7.04. The van der Waals surface area contributed by atoms with Crippen molar-refractivity contribution < 1.29 is 4.79 Å². The van der Waals surface area contributed by atoms with Gasteiger partial charge in [-0.25, -0.2) is 0 Å². The highest BCUT2D eigenvalue weighted by Gasteiger charge is 2.27. The predicted molar refractivity (Wildman–Crippen MR) is 94.8 cm³/mol. The van der Waals surface area contributed by atoms with Gasteiger partial charge in [0.05, 0.1) is 10.0 Å². The van der Waals surface area contributed by atoms with E-state index in [2.05, 4.69) is 5.32 Å². The van der Waals surface area contributed by atoms with Crippen molar-refractivity contribution in [2.45, 2.75) is 18.9 Å². The van der Waals surface area contributed by atoms with E-state index in [1.54, 1.807) is 17.0 Å². The van der Waals surface area contributed by atoms with Crippen LogP contribution in [0.25, 0.3) is 10.1 Å². The van der Waals surface area contributed by atoms with E-state index in [1.165, 1.54) is 11.3 Å². The summed E-state index contributed by atoms with van der Waals surface area (Å²) in [6, 6.07) is 3.68. The molecule has 3 nitrogen and oxygen atoms in total. The first kappa shape index (κ1) is 16.3. The van der Waals surface area contributed by atoms with Gasteiger partial charge in [0.25, 0.3) is 5.91 Å². The molecule has 0 bridgehead atoms. The number of rotatable bonds is 2. The third kappa shape index (κ3) is 2.95. The lowest BCUT2D eigenvalue weighted by molar-refractivity contribution is 0.0708. The molecule has 7 heteroatoms. The molecule has 2 aromatic rings. The molecule has 1 fully saturated rings. The molecule has 0 atom stereocenters. The van der Waals surface area contributed by atoms with E-state index in [4.69, 9.17) is 34.8 Å². The van der Waals surface area contributed by atoms with Gasteiger partial charge in [-0.15, -0.1) is 11.3 Å². The molecule has 0 saturated carbocycles. The number of hydrogen-bond acceptors (Lipinski definition) is 3. The zero-order chi connectivity index (χ0) is 15.9. The topological polar surface area (TPSA) is 32.3 Å². The maximum atomic E-state index is 12.8. The van der Waals surface area contributed by atoms with Crippen LogP contribution in [0.4, 0.5) is 0 Å². The van der Waals surface area contributed by atoms with Crippen molar-refractivity contribution >= 4 is 62.1 Å². The van der Waals surface area contributed by atoms with Crippen LogP contribution >= 0.6 is 46.1 Å². The van der Waals surface area contributed by atoms with Gasteiger partial charge in [0.15, 0.2) is 0 Å². The first-order valence-corrected chi connectivity index (χ1v) is 8.99. The second-order valence-electron chi connectivity index (χ2n) is 5.40. The van der Waals surface area contributed by atoms with E-state index in [1.807, 2.05) is 7.05 Å². The Kier molecular flexibility index (Phi) is 4.86. The van der Waals surface area contributed by atoms with Gasteiger partial charge in [-0.3, -0.25) is 4.79 Å². The number of halogens is 3. The number of piperidine rings is 1. The fourth-order valence-electron chi connectivity index (χ4n) is 2.77. The second kappa shape index (κ2) is 6.54. The van der Waals surface area contributed by atoms with Crippen LogP contribution in [0.2, 0.25) is 15.1 Å². The highest BCUT2D eigenvalue weighted by Crippen LogP contribution is 2.41. The number of carbonyl (C=O) groups excluding carboxylic acids is 1. The standard InChI is InChI=1S/C15H15Cl3N2OS/c1-20(9-2-4-19-5-3-9)15(21)14-13(18)12-10(17)6-8(16)7-11(12)22-14/h6-7,9,19H,2-5H2,1H3. The van der Waals surface area contributed by atoms with Gasteiger partial charge < -0.3 is 10.2 Å². The van der Waals surface area contributed by atoms with Gasteiger partial charge in [0.1, 0.15) is 4.88 Å².